The van der Waals surface area contributed by atoms with Gasteiger partial charge in [0.05, 0.1) is 0 Å². The zero-order chi connectivity index (χ0) is 7.98. The van der Waals surface area contributed by atoms with Crippen LogP contribution in [0.25, 0.3) is 0 Å². The molecule has 0 aromatic rings. The van der Waals surface area contributed by atoms with E-state index in [1.54, 1.807) is 0 Å². The second-order valence-corrected chi connectivity index (χ2v) is 2.52. The molecule has 0 heterocycles. The molecule has 1 amide bonds. The van der Waals surface area contributed by atoms with Crippen molar-refractivity contribution in [1.82, 2.24) is 0 Å². The molecule has 4 N–H and O–H groups in total. The quantitative estimate of drug-likeness (QED) is 0.388. The molecule has 4 nitrogen and oxygen atoms in total. The largest absolute Gasteiger partial charge is 0.370 e. The summed E-state index contributed by atoms with van der Waals surface area (Å²) in [7, 11) is 0. The van der Waals surface area contributed by atoms with E-state index >= 15 is 0 Å². The van der Waals surface area contributed by atoms with Crippen LogP contribution in [0.2, 0.25) is 0 Å². The first kappa shape index (κ1) is 9.42. The molecule has 0 bridgehead atoms. The molecule has 0 unspecified atom stereocenters. The number of nitrogens with zero attached hydrogens (tertiary/aromatic N) is 1. The van der Waals surface area contributed by atoms with E-state index < -0.39 is 0 Å². The van der Waals surface area contributed by atoms with Crippen LogP contribution in [0.1, 0.15) is 12.8 Å². The first-order valence-electron chi connectivity index (χ1n) is 2.85. The summed E-state index contributed by atoms with van der Waals surface area (Å²) >= 11 is 3.18. The average molecular weight is 208 g/mol. The minimum absolute atomic E-state index is 0.167. The van der Waals surface area contributed by atoms with Gasteiger partial charge >= 0.3 is 0 Å². The molecule has 0 aliphatic heterocycles. The lowest BCUT2D eigenvalue weighted by atomic mass is 10.3. The van der Waals surface area contributed by atoms with E-state index in [1.165, 1.54) is 0 Å². The van der Waals surface area contributed by atoms with Crippen molar-refractivity contribution in [3.63, 3.8) is 0 Å². The van der Waals surface area contributed by atoms with Crippen molar-refractivity contribution < 1.29 is 4.79 Å². The number of carbonyl (C=O) groups excluding carboxylic acids is 1. The van der Waals surface area contributed by atoms with Crippen LogP contribution >= 0.6 is 15.9 Å². The molecule has 0 aliphatic rings. The molecule has 0 aliphatic carbocycles. The fourth-order valence-electron chi connectivity index (χ4n) is 0.418. The number of aliphatic imine (C=N–C) groups is 1. The minimum atomic E-state index is -0.264. The summed E-state index contributed by atoms with van der Waals surface area (Å²) in [5, 5.41) is 0.790. The first-order chi connectivity index (χ1) is 4.66. The Morgan fingerprint density at radius 3 is 2.50 bits per heavy atom. The highest BCUT2D eigenvalue weighted by Gasteiger charge is 1.96. The predicted molar refractivity (Wildman–Crippen MR) is 43.8 cm³/mol. The number of carbonyl (C=O) groups is 1. The molecule has 0 saturated heterocycles. The molecule has 0 spiro atoms. The van der Waals surface area contributed by atoms with Crippen molar-refractivity contribution >= 4 is 27.8 Å². The van der Waals surface area contributed by atoms with E-state index in [4.69, 9.17) is 11.5 Å². The van der Waals surface area contributed by atoms with Gasteiger partial charge < -0.3 is 11.5 Å². The summed E-state index contributed by atoms with van der Waals surface area (Å²) in [6.07, 6.45) is 1.15. The summed E-state index contributed by atoms with van der Waals surface area (Å²) in [5.74, 6) is -0.431. The van der Waals surface area contributed by atoms with Gasteiger partial charge in [-0.25, -0.2) is 0 Å². The number of nitrogens with two attached hydrogens (primary N) is 2. The molecule has 5 heteroatoms. The van der Waals surface area contributed by atoms with Crippen molar-refractivity contribution in [2.75, 3.05) is 5.33 Å². The molecule has 0 aromatic heterocycles. The molecule has 0 fully saturated rings. The summed E-state index contributed by atoms with van der Waals surface area (Å²) < 4.78 is 0. The van der Waals surface area contributed by atoms with Crippen LogP contribution in [0.5, 0.6) is 0 Å². The molecule has 10 heavy (non-hydrogen) atoms. The number of hydrogen-bond donors (Lipinski definition) is 2. The van der Waals surface area contributed by atoms with Gasteiger partial charge in [-0.2, -0.15) is 4.99 Å². The van der Waals surface area contributed by atoms with E-state index in [1.807, 2.05) is 0 Å². The minimum Gasteiger partial charge on any atom is -0.370 e. The third-order valence-electron chi connectivity index (χ3n) is 0.778. The fourth-order valence-corrected chi connectivity index (χ4v) is 0.698. The number of hydrogen-bond acceptors (Lipinski definition) is 1. The standard InChI is InChI=1S/C5H10BrN3O/c6-3-1-2-4(10)9-5(7)8/h1-3H2,(H4,7,8,9,10). The van der Waals surface area contributed by atoms with Gasteiger partial charge in [-0.15, -0.1) is 0 Å². The van der Waals surface area contributed by atoms with E-state index in [-0.39, 0.29) is 11.9 Å². The topological polar surface area (TPSA) is 81.5 Å². The van der Waals surface area contributed by atoms with E-state index in [0.29, 0.717) is 6.42 Å². The number of guanidine groups is 1. The van der Waals surface area contributed by atoms with Crippen LogP contribution < -0.4 is 11.5 Å². The van der Waals surface area contributed by atoms with Crippen LogP contribution in [0.4, 0.5) is 0 Å². The lowest BCUT2D eigenvalue weighted by Gasteiger charge is -1.91. The van der Waals surface area contributed by atoms with Crippen molar-refractivity contribution in [1.29, 1.82) is 0 Å². The van der Waals surface area contributed by atoms with Crippen molar-refractivity contribution in [3.8, 4) is 0 Å². The SMILES string of the molecule is NC(N)=NC(=O)CCCBr. The van der Waals surface area contributed by atoms with Crippen LogP contribution in [0, 0.1) is 0 Å². The Labute approximate surface area is 67.8 Å². The summed E-state index contributed by atoms with van der Waals surface area (Å²) in [6, 6.07) is 0. The predicted octanol–water partition coefficient (Wildman–Crippen LogP) is -0.0385. The maximum atomic E-state index is 10.6. The van der Waals surface area contributed by atoms with Gasteiger partial charge in [-0.05, 0) is 6.42 Å². The van der Waals surface area contributed by atoms with Gasteiger partial charge in [0.15, 0.2) is 5.96 Å². The molecular weight excluding hydrogens is 198 g/mol. The number of rotatable bonds is 3. The maximum absolute atomic E-state index is 10.6. The molecule has 58 valence electrons. The zero-order valence-corrected chi connectivity index (χ0v) is 7.10. The molecule has 0 saturated carbocycles. The van der Waals surface area contributed by atoms with Crippen LogP contribution in [-0.4, -0.2) is 17.2 Å². The smallest absolute Gasteiger partial charge is 0.248 e. The van der Waals surface area contributed by atoms with Gasteiger partial charge in [0.1, 0.15) is 0 Å². The molecule has 0 rings (SSSR count). The molecule has 0 atom stereocenters. The Kier molecular flexibility index (Phi) is 4.92. The lowest BCUT2D eigenvalue weighted by Crippen LogP contribution is -2.24. The third-order valence-corrected chi connectivity index (χ3v) is 1.34. The Hall–Kier alpha value is -0.580. The average Bonchev–Trinajstić information content (AvgIpc) is 1.82. The highest BCUT2D eigenvalue weighted by atomic mass is 79.9. The van der Waals surface area contributed by atoms with Crippen molar-refractivity contribution in [2.45, 2.75) is 12.8 Å². The van der Waals surface area contributed by atoms with E-state index in [9.17, 15) is 4.79 Å². The fraction of sp³-hybridized carbons (Fsp3) is 0.600. The van der Waals surface area contributed by atoms with Gasteiger partial charge in [-0.1, -0.05) is 15.9 Å². The van der Waals surface area contributed by atoms with Crippen molar-refractivity contribution in [3.05, 3.63) is 0 Å². The van der Waals surface area contributed by atoms with E-state index in [0.717, 1.165) is 11.8 Å². The number of halogens is 1. The van der Waals surface area contributed by atoms with Crippen LogP contribution in [0.15, 0.2) is 4.99 Å². The zero-order valence-electron chi connectivity index (χ0n) is 5.51. The normalized spacial score (nSPS) is 8.90. The van der Waals surface area contributed by atoms with E-state index in [2.05, 4.69) is 20.9 Å². The molecule has 0 aromatic carbocycles. The van der Waals surface area contributed by atoms with Gasteiger partial charge in [0.25, 0.3) is 0 Å². The highest BCUT2D eigenvalue weighted by Crippen LogP contribution is 1.94. The van der Waals surface area contributed by atoms with Gasteiger partial charge in [-0.3, -0.25) is 4.79 Å². The summed E-state index contributed by atoms with van der Waals surface area (Å²) in [5.41, 5.74) is 9.92. The molecule has 0 radical (unpaired) electrons. The van der Waals surface area contributed by atoms with Gasteiger partial charge in [0, 0.05) is 11.8 Å². The first-order valence-corrected chi connectivity index (χ1v) is 3.97. The highest BCUT2D eigenvalue weighted by molar-refractivity contribution is 9.09. The van der Waals surface area contributed by atoms with Crippen LogP contribution in [0.3, 0.4) is 0 Å². The van der Waals surface area contributed by atoms with Crippen molar-refractivity contribution in [2.24, 2.45) is 16.5 Å². The number of amides is 1. The summed E-state index contributed by atoms with van der Waals surface area (Å²) in [6.45, 7) is 0. The Bertz CT molecular complexity index is 142. The Morgan fingerprint density at radius 1 is 1.50 bits per heavy atom. The second kappa shape index (κ2) is 5.22. The second-order valence-electron chi connectivity index (χ2n) is 1.72. The Balaban J connectivity index is 3.54. The molecular formula is C5H10BrN3O. The Morgan fingerprint density at radius 2 is 2.10 bits per heavy atom. The van der Waals surface area contributed by atoms with Gasteiger partial charge in [0.2, 0.25) is 5.91 Å². The monoisotopic (exact) mass is 207 g/mol. The maximum Gasteiger partial charge on any atom is 0.248 e. The number of alkyl halides is 1. The summed E-state index contributed by atoms with van der Waals surface area (Å²) in [4.78, 5) is 14.0. The van der Waals surface area contributed by atoms with Crippen LogP contribution in [-0.2, 0) is 4.79 Å². The lowest BCUT2D eigenvalue weighted by molar-refractivity contribution is -0.117. The third kappa shape index (κ3) is 5.55.